The molecule has 0 saturated carbocycles. The third-order valence-electron chi connectivity index (χ3n) is 11.5. The molecule has 1 heteroatoms. The van der Waals surface area contributed by atoms with Gasteiger partial charge in [-0.05, 0) is 115 Å². The van der Waals surface area contributed by atoms with E-state index in [1.807, 2.05) is 0 Å². The van der Waals surface area contributed by atoms with E-state index in [1.54, 1.807) is 0 Å². The van der Waals surface area contributed by atoms with Crippen LogP contribution in [-0.4, -0.2) is 0 Å². The molecule has 51 heavy (non-hydrogen) atoms. The lowest BCUT2D eigenvalue weighted by atomic mass is 9.68. The quantitative estimate of drug-likeness (QED) is 0.179. The first-order valence-electron chi connectivity index (χ1n) is 17.9. The maximum Gasteiger partial charge on any atom is 0.0713 e. The van der Waals surface area contributed by atoms with Crippen LogP contribution in [0.1, 0.15) is 47.2 Å². The Bertz CT molecular complexity index is 2560. The molecule has 0 atom stereocenters. The first kappa shape index (κ1) is 29.7. The molecule has 1 nitrogen and oxygen atoms in total. The summed E-state index contributed by atoms with van der Waals surface area (Å²) in [6.07, 6.45) is 0. The molecule has 2 aliphatic carbocycles. The molecule has 0 amide bonds. The third kappa shape index (κ3) is 4.28. The number of rotatable bonds is 5. The van der Waals surface area contributed by atoms with Gasteiger partial charge in [0.2, 0.25) is 0 Å². The van der Waals surface area contributed by atoms with Crippen LogP contribution in [0.15, 0.2) is 188 Å². The van der Waals surface area contributed by atoms with Crippen LogP contribution in [0.5, 0.6) is 0 Å². The average molecular weight is 652 g/mol. The van der Waals surface area contributed by atoms with Crippen LogP contribution in [-0.2, 0) is 10.8 Å². The highest BCUT2D eigenvalue weighted by Gasteiger charge is 2.46. The normalized spacial score (nSPS) is 14.4. The summed E-state index contributed by atoms with van der Waals surface area (Å²) in [5.74, 6) is 0. The minimum absolute atomic E-state index is 0.0235. The van der Waals surface area contributed by atoms with E-state index in [0.717, 1.165) is 17.1 Å². The largest absolute Gasteiger partial charge is 0.310 e. The molecule has 0 N–H and O–H groups in total. The second-order valence-corrected chi connectivity index (χ2v) is 14.5. The highest BCUT2D eigenvalue weighted by atomic mass is 15.1. The second-order valence-electron chi connectivity index (χ2n) is 14.5. The summed E-state index contributed by atoms with van der Waals surface area (Å²) in [6.45, 7) is 4.70. The zero-order chi connectivity index (χ0) is 34.2. The topological polar surface area (TPSA) is 3.24 Å². The van der Waals surface area contributed by atoms with Gasteiger partial charge in [0.25, 0.3) is 0 Å². The molecule has 2 aliphatic rings. The van der Waals surface area contributed by atoms with Gasteiger partial charge in [0.15, 0.2) is 0 Å². The third-order valence-corrected chi connectivity index (χ3v) is 11.5. The predicted octanol–water partition coefficient (Wildman–Crippen LogP) is 13.0. The summed E-state index contributed by atoms with van der Waals surface area (Å²) >= 11 is 0. The van der Waals surface area contributed by atoms with Gasteiger partial charge in [-0.15, -0.1) is 0 Å². The number of hydrogen-bond donors (Lipinski definition) is 0. The van der Waals surface area contributed by atoms with Crippen molar-refractivity contribution < 1.29 is 0 Å². The van der Waals surface area contributed by atoms with Gasteiger partial charge in [0.1, 0.15) is 0 Å². The first-order valence-corrected chi connectivity index (χ1v) is 17.9. The fourth-order valence-corrected chi connectivity index (χ4v) is 9.17. The fraction of sp³-hybridized carbons (Fsp3) is 0.0800. The molecule has 0 saturated heterocycles. The van der Waals surface area contributed by atoms with Crippen molar-refractivity contribution in [3.63, 3.8) is 0 Å². The van der Waals surface area contributed by atoms with Gasteiger partial charge in [-0.2, -0.15) is 0 Å². The summed E-state index contributed by atoms with van der Waals surface area (Å²) < 4.78 is 0. The minimum Gasteiger partial charge on any atom is -0.310 e. The summed E-state index contributed by atoms with van der Waals surface area (Å²) in [4.78, 5) is 2.42. The van der Waals surface area contributed by atoms with Gasteiger partial charge in [-0.3, -0.25) is 0 Å². The summed E-state index contributed by atoms with van der Waals surface area (Å²) in [6, 6.07) is 69.6. The van der Waals surface area contributed by atoms with Crippen molar-refractivity contribution in [3.8, 4) is 22.3 Å². The first-order chi connectivity index (χ1) is 25.0. The molecule has 0 unspecified atom stereocenters. The predicted molar refractivity (Wildman–Crippen MR) is 213 cm³/mol. The van der Waals surface area contributed by atoms with Crippen LogP contribution >= 0.6 is 0 Å². The van der Waals surface area contributed by atoms with Gasteiger partial charge < -0.3 is 4.90 Å². The Morgan fingerprint density at radius 2 is 0.843 bits per heavy atom. The molecule has 0 heterocycles. The smallest absolute Gasteiger partial charge is 0.0713 e. The number of fused-ring (bicyclic) bond motifs is 7. The Morgan fingerprint density at radius 1 is 0.333 bits per heavy atom. The van der Waals surface area contributed by atoms with Crippen LogP contribution < -0.4 is 4.90 Å². The highest BCUT2D eigenvalue weighted by molar-refractivity contribution is 5.97. The van der Waals surface area contributed by atoms with Crippen molar-refractivity contribution in [1.29, 1.82) is 0 Å². The number of benzene rings is 8. The maximum absolute atomic E-state index is 2.42. The van der Waals surface area contributed by atoms with Crippen LogP contribution in [0.4, 0.5) is 17.1 Å². The van der Waals surface area contributed by atoms with Crippen molar-refractivity contribution in [1.82, 2.24) is 0 Å². The average Bonchev–Trinajstić information content (AvgIpc) is 3.60. The van der Waals surface area contributed by atoms with Crippen molar-refractivity contribution in [3.05, 3.63) is 221 Å². The molecular weight excluding hydrogens is 615 g/mol. The van der Waals surface area contributed by atoms with E-state index in [9.17, 15) is 0 Å². The van der Waals surface area contributed by atoms with E-state index in [0.29, 0.717) is 0 Å². The van der Waals surface area contributed by atoms with E-state index < -0.39 is 5.41 Å². The summed E-state index contributed by atoms with van der Waals surface area (Å²) in [5.41, 5.74) is 16.2. The SMILES string of the molecule is CC1(C)c2ccccc2-c2cc3cc(N(c4ccccc4)c4ccc5c(c4)-c4ccccc4C5(c4ccccc4)c4ccccc4)ccc3cc21. The lowest BCUT2D eigenvalue weighted by molar-refractivity contribution is 0.661. The van der Waals surface area contributed by atoms with E-state index in [4.69, 9.17) is 0 Å². The lowest BCUT2D eigenvalue weighted by Crippen LogP contribution is -2.28. The molecule has 0 radical (unpaired) electrons. The van der Waals surface area contributed by atoms with Gasteiger partial charge in [-0.1, -0.05) is 153 Å². The van der Waals surface area contributed by atoms with E-state index in [2.05, 4.69) is 207 Å². The Labute approximate surface area is 300 Å². The maximum atomic E-state index is 2.42. The Hall–Kier alpha value is -6.18. The molecule has 0 spiro atoms. The Kier molecular flexibility index (Phi) is 6.51. The molecule has 8 aromatic rings. The zero-order valence-electron chi connectivity index (χ0n) is 28.8. The number of hydrogen-bond acceptors (Lipinski definition) is 1. The van der Waals surface area contributed by atoms with Crippen molar-refractivity contribution >= 4 is 27.8 Å². The standard InChI is InChI=1S/C50H37N/c1-49(2)45-24-14-12-22-41(45)43-31-35-30-39(27-26-34(35)32-48(43)49)51(38-20-10-5-11-21-38)40-28-29-47-44(33-40)42-23-13-15-25-46(42)50(47,36-16-6-3-7-17-36)37-18-8-4-9-19-37/h3-33H,1-2H3. The second kappa shape index (κ2) is 11.2. The number of para-hydroxylation sites is 1. The highest BCUT2D eigenvalue weighted by Crippen LogP contribution is 2.57. The molecule has 8 aromatic carbocycles. The van der Waals surface area contributed by atoms with Crippen LogP contribution in [0.25, 0.3) is 33.0 Å². The van der Waals surface area contributed by atoms with E-state index in [1.165, 1.54) is 66.4 Å². The fourth-order valence-electron chi connectivity index (χ4n) is 9.17. The molecular formula is C50H37N. The molecule has 0 aliphatic heterocycles. The number of nitrogens with zero attached hydrogens (tertiary/aromatic N) is 1. The van der Waals surface area contributed by atoms with Crippen LogP contribution in [0.3, 0.4) is 0 Å². The van der Waals surface area contributed by atoms with Crippen molar-refractivity contribution in [2.24, 2.45) is 0 Å². The van der Waals surface area contributed by atoms with Crippen molar-refractivity contribution in [2.45, 2.75) is 24.7 Å². The Balaban J connectivity index is 1.18. The van der Waals surface area contributed by atoms with Gasteiger partial charge >= 0.3 is 0 Å². The molecule has 0 bridgehead atoms. The lowest BCUT2D eigenvalue weighted by Gasteiger charge is -2.34. The number of anilines is 3. The van der Waals surface area contributed by atoms with Crippen LogP contribution in [0.2, 0.25) is 0 Å². The van der Waals surface area contributed by atoms with Gasteiger partial charge in [-0.25, -0.2) is 0 Å². The summed E-state index contributed by atoms with van der Waals surface area (Å²) in [7, 11) is 0. The monoisotopic (exact) mass is 651 g/mol. The van der Waals surface area contributed by atoms with Gasteiger partial charge in [0, 0.05) is 22.5 Å². The van der Waals surface area contributed by atoms with E-state index >= 15 is 0 Å². The molecule has 0 aromatic heterocycles. The van der Waals surface area contributed by atoms with Gasteiger partial charge in [0.05, 0.1) is 5.41 Å². The molecule has 0 fully saturated rings. The molecule has 242 valence electrons. The Morgan fingerprint density at radius 3 is 1.53 bits per heavy atom. The zero-order valence-corrected chi connectivity index (χ0v) is 28.8. The van der Waals surface area contributed by atoms with E-state index in [-0.39, 0.29) is 5.41 Å². The van der Waals surface area contributed by atoms with Crippen molar-refractivity contribution in [2.75, 3.05) is 4.90 Å². The minimum atomic E-state index is -0.419. The van der Waals surface area contributed by atoms with Crippen LogP contribution in [0, 0.1) is 0 Å². The summed E-state index contributed by atoms with van der Waals surface area (Å²) in [5, 5.41) is 2.52. The molecule has 10 rings (SSSR count).